The Labute approximate surface area is 193 Å². The van der Waals surface area contributed by atoms with Gasteiger partial charge >= 0.3 is 6.36 Å². The van der Waals surface area contributed by atoms with Gasteiger partial charge < -0.3 is 14.6 Å². The fraction of sp³-hybridized carbons (Fsp3) is 0.304. The SMILES string of the molecule is Cc1cc(-n2ccnc(Sc3ccc(OC(F)(F)F)cc3)c2=O)c(C)cc1OCC(C)(C)O. The van der Waals surface area contributed by atoms with Crippen molar-refractivity contribution in [2.24, 2.45) is 0 Å². The van der Waals surface area contributed by atoms with Crippen LogP contribution in [0.4, 0.5) is 13.2 Å². The van der Waals surface area contributed by atoms with E-state index >= 15 is 0 Å². The molecule has 0 spiro atoms. The summed E-state index contributed by atoms with van der Waals surface area (Å²) in [5.74, 6) is 0.263. The van der Waals surface area contributed by atoms with E-state index in [-0.39, 0.29) is 22.9 Å². The van der Waals surface area contributed by atoms with E-state index in [0.717, 1.165) is 22.9 Å². The Bertz CT molecular complexity index is 1190. The van der Waals surface area contributed by atoms with Crippen LogP contribution in [0.15, 0.2) is 63.5 Å². The van der Waals surface area contributed by atoms with Gasteiger partial charge in [-0.1, -0.05) is 11.8 Å². The van der Waals surface area contributed by atoms with Crippen molar-refractivity contribution in [1.82, 2.24) is 9.55 Å². The Balaban J connectivity index is 1.86. The zero-order valence-corrected chi connectivity index (χ0v) is 19.3. The summed E-state index contributed by atoms with van der Waals surface area (Å²) >= 11 is 1.04. The molecule has 1 N–H and O–H groups in total. The topological polar surface area (TPSA) is 73.6 Å². The largest absolute Gasteiger partial charge is 0.573 e. The zero-order valence-electron chi connectivity index (χ0n) is 18.4. The Morgan fingerprint density at radius 3 is 2.36 bits per heavy atom. The summed E-state index contributed by atoms with van der Waals surface area (Å²) < 4.78 is 48.0. The predicted molar refractivity (Wildman–Crippen MR) is 118 cm³/mol. The second-order valence-corrected chi connectivity index (χ2v) is 9.10. The van der Waals surface area contributed by atoms with Crippen LogP contribution < -0.4 is 15.0 Å². The van der Waals surface area contributed by atoms with Crippen molar-refractivity contribution >= 4 is 11.8 Å². The summed E-state index contributed by atoms with van der Waals surface area (Å²) in [7, 11) is 0. The summed E-state index contributed by atoms with van der Waals surface area (Å²) in [6, 6.07) is 8.82. The van der Waals surface area contributed by atoms with Crippen LogP contribution in [-0.2, 0) is 0 Å². The van der Waals surface area contributed by atoms with Crippen molar-refractivity contribution in [3.8, 4) is 17.2 Å². The maximum absolute atomic E-state index is 13.1. The Hall–Kier alpha value is -2.98. The van der Waals surface area contributed by atoms with Crippen LogP contribution in [0.1, 0.15) is 25.0 Å². The maximum atomic E-state index is 13.1. The van der Waals surface area contributed by atoms with E-state index in [1.165, 1.54) is 35.0 Å². The molecule has 0 aliphatic heterocycles. The normalized spacial score (nSPS) is 12.0. The van der Waals surface area contributed by atoms with Crippen molar-refractivity contribution in [2.75, 3.05) is 6.61 Å². The molecule has 0 aliphatic rings. The molecule has 0 unspecified atom stereocenters. The van der Waals surface area contributed by atoms with Gasteiger partial charge in [0.05, 0.1) is 11.3 Å². The second kappa shape index (κ2) is 9.48. The van der Waals surface area contributed by atoms with Crippen LogP contribution in [0.5, 0.6) is 11.5 Å². The molecule has 0 aliphatic carbocycles. The lowest BCUT2D eigenvalue weighted by atomic mass is 10.1. The van der Waals surface area contributed by atoms with Crippen molar-refractivity contribution in [3.05, 3.63) is 70.3 Å². The number of alkyl halides is 3. The molecule has 1 aromatic heterocycles. The molecule has 0 bridgehead atoms. The fourth-order valence-corrected chi connectivity index (χ4v) is 3.71. The van der Waals surface area contributed by atoms with E-state index < -0.39 is 12.0 Å². The summed E-state index contributed by atoms with van der Waals surface area (Å²) in [4.78, 5) is 17.7. The van der Waals surface area contributed by atoms with Gasteiger partial charge in [-0.3, -0.25) is 9.36 Å². The highest BCUT2D eigenvalue weighted by Crippen LogP contribution is 2.29. The number of nitrogens with zero attached hydrogens (tertiary/aromatic N) is 2. The summed E-state index contributed by atoms with van der Waals surface area (Å²) in [5.41, 5.74) is 0.865. The molecule has 0 fully saturated rings. The maximum Gasteiger partial charge on any atom is 0.573 e. The van der Waals surface area contributed by atoms with Crippen LogP contribution in [0.25, 0.3) is 5.69 Å². The average Bonchev–Trinajstić information content (AvgIpc) is 2.70. The summed E-state index contributed by atoms with van der Waals surface area (Å²) in [6.45, 7) is 7.10. The number of benzene rings is 2. The molecular weight excluding hydrogens is 457 g/mol. The highest BCUT2D eigenvalue weighted by molar-refractivity contribution is 7.99. The molecule has 33 heavy (non-hydrogen) atoms. The first-order chi connectivity index (χ1) is 15.3. The highest BCUT2D eigenvalue weighted by atomic mass is 32.2. The molecule has 2 aromatic carbocycles. The van der Waals surface area contributed by atoms with Gasteiger partial charge in [-0.05, 0) is 75.2 Å². The molecule has 3 aromatic rings. The molecule has 0 radical (unpaired) electrons. The lowest BCUT2D eigenvalue weighted by Crippen LogP contribution is -2.28. The molecule has 0 amide bonds. The molecule has 3 rings (SSSR count). The van der Waals surface area contributed by atoms with Gasteiger partial charge in [0.25, 0.3) is 5.56 Å². The Kier molecular flexibility index (Phi) is 7.08. The zero-order chi connectivity index (χ0) is 24.4. The van der Waals surface area contributed by atoms with Gasteiger partial charge in [0.15, 0.2) is 5.03 Å². The summed E-state index contributed by atoms with van der Waals surface area (Å²) in [5, 5.41) is 10.1. The minimum Gasteiger partial charge on any atom is -0.490 e. The minimum atomic E-state index is -4.77. The fourth-order valence-electron chi connectivity index (χ4n) is 2.92. The van der Waals surface area contributed by atoms with Gasteiger partial charge in [-0.2, -0.15) is 0 Å². The first-order valence-corrected chi connectivity index (χ1v) is 10.7. The van der Waals surface area contributed by atoms with Gasteiger partial charge in [0, 0.05) is 17.3 Å². The average molecular weight is 481 g/mol. The standard InChI is InChI=1S/C23H23F3N2O4S/c1-14-12-19(31-13-22(3,4)30)15(2)11-18(14)28-10-9-27-20(21(28)29)33-17-7-5-16(6-8-17)32-23(24,25)26/h5-12,30H,13H2,1-4H3. The van der Waals surface area contributed by atoms with E-state index in [0.29, 0.717) is 16.3 Å². The molecule has 1 heterocycles. The lowest BCUT2D eigenvalue weighted by molar-refractivity contribution is -0.274. The Morgan fingerprint density at radius 2 is 1.76 bits per heavy atom. The first kappa shape index (κ1) is 24.7. The lowest BCUT2D eigenvalue weighted by Gasteiger charge is -2.20. The minimum absolute atomic E-state index is 0.120. The van der Waals surface area contributed by atoms with E-state index in [1.54, 1.807) is 26.1 Å². The highest BCUT2D eigenvalue weighted by Gasteiger charge is 2.31. The third-order valence-electron chi connectivity index (χ3n) is 4.42. The van der Waals surface area contributed by atoms with Gasteiger partial charge in [0.1, 0.15) is 18.1 Å². The van der Waals surface area contributed by atoms with E-state index in [4.69, 9.17) is 4.74 Å². The van der Waals surface area contributed by atoms with Gasteiger partial charge in [-0.15, -0.1) is 13.2 Å². The number of aliphatic hydroxyl groups is 1. The van der Waals surface area contributed by atoms with Crippen molar-refractivity contribution in [1.29, 1.82) is 0 Å². The number of hydrogen-bond donors (Lipinski definition) is 1. The van der Waals surface area contributed by atoms with Crippen molar-refractivity contribution < 1.29 is 27.8 Å². The molecule has 0 saturated carbocycles. The molecule has 6 nitrogen and oxygen atoms in total. The summed E-state index contributed by atoms with van der Waals surface area (Å²) in [6.07, 6.45) is -1.74. The molecule has 176 valence electrons. The third-order valence-corrected chi connectivity index (χ3v) is 5.40. The predicted octanol–water partition coefficient (Wildman–Crippen LogP) is 5.05. The van der Waals surface area contributed by atoms with Crippen LogP contribution in [0.3, 0.4) is 0 Å². The third kappa shape index (κ3) is 6.75. The number of rotatable bonds is 7. The smallest absolute Gasteiger partial charge is 0.490 e. The first-order valence-electron chi connectivity index (χ1n) is 9.90. The number of ether oxygens (including phenoxy) is 2. The monoisotopic (exact) mass is 480 g/mol. The molecule has 10 heteroatoms. The Morgan fingerprint density at radius 1 is 1.09 bits per heavy atom. The number of aryl methyl sites for hydroxylation is 2. The number of hydrogen-bond acceptors (Lipinski definition) is 6. The van der Waals surface area contributed by atoms with Crippen LogP contribution in [0, 0.1) is 13.8 Å². The quantitative estimate of drug-likeness (QED) is 0.510. The van der Waals surface area contributed by atoms with Crippen LogP contribution >= 0.6 is 11.8 Å². The number of aromatic nitrogens is 2. The van der Waals surface area contributed by atoms with E-state index in [9.17, 15) is 23.1 Å². The number of halogens is 3. The molecule has 0 saturated heterocycles. The van der Waals surface area contributed by atoms with Crippen LogP contribution in [-0.4, -0.2) is 33.2 Å². The van der Waals surface area contributed by atoms with Crippen LogP contribution in [0.2, 0.25) is 0 Å². The molecule has 0 atom stereocenters. The second-order valence-electron chi connectivity index (χ2n) is 8.03. The van der Waals surface area contributed by atoms with Gasteiger partial charge in [0.2, 0.25) is 0 Å². The van der Waals surface area contributed by atoms with Gasteiger partial charge in [-0.25, -0.2) is 4.98 Å². The van der Waals surface area contributed by atoms with Crippen molar-refractivity contribution in [3.63, 3.8) is 0 Å². The molecular formula is C23H23F3N2O4S. The van der Waals surface area contributed by atoms with Crippen molar-refractivity contribution in [2.45, 2.75) is 49.6 Å². The van der Waals surface area contributed by atoms with E-state index in [2.05, 4.69) is 9.72 Å². The van der Waals surface area contributed by atoms with E-state index in [1.807, 2.05) is 19.9 Å².